The van der Waals surface area contributed by atoms with Crippen LogP contribution in [-0.2, 0) is 19.1 Å². The van der Waals surface area contributed by atoms with Crippen molar-refractivity contribution in [3.63, 3.8) is 0 Å². The van der Waals surface area contributed by atoms with Gasteiger partial charge in [0.05, 0.1) is 26.1 Å². The number of methoxy groups -OCH3 is 2. The van der Waals surface area contributed by atoms with Crippen LogP contribution in [0.15, 0.2) is 0 Å². The van der Waals surface area contributed by atoms with Crippen LogP contribution in [0.5, 0.6) is 0 Å². The van der Waals surface area contributed by atoms with Crippen LogP contribution in [0.3, 0.4) is 0 Å². The van der Waals surface area contributed by atoms with E-state index in [0.29, 0.717) is 0 Å². The highest BCUT2D eigenvalue weighted by atomic mass is 32.2. The second-order valence-corrected chi connectivity index (χ2v) is 6.19. The molecule has 3 N–H and O–H groups in total. The summed E-state index contributed by atoms with van der Waals surface area (Å²) in [5.41, 5.74) is 5.04. The SMILES string of the molecule is COC(=O)C(CSCNC(F)CC(CS)C(=O)OC)CC(N)F. The summed E-state index contributed by atoms with van der Waals surface area (Å²) < 4.78 is 35.7. The van der Waals surface area contributed by atoms with Crippen LogP contribution in [-0.4, -0.2) is 56.1 Å². The van der Waals surface area contributed by atoms with Gasteiger partial charge >= 0.3 is 11.9 Å². The molecule has 0 aromatic rings. The maximum atomic E-state index is 13.8. The minimum Gasteiger partial charge on any atom is -0.469 e. The molecule has 0 rings (SSSR count). The Morgan fingerprint density at radius 2 is 1.74 bits per heavy atom. The number of nitrogens with one attached hydrogen (secondary N) is 1. The summed E-state index contributed by atoms with van der Waals surface area (Å²) in [5.74, 6) is -1.77. The van der Waals surface area contributed by atoms with Crippen molar-refractivity contribution in [2.45, 2.75) is 25.4 Å². The first-order valence-electron chi connectivity index (χ1n) is 6.97. The number of carbonyl (C=O) groups excluding carboxylic acids is 2. The van der Waals surface area contributed by atoms with Gasteiger partial charge in [0, 0.05) is 30.2 Å². The van der Waals surface area contributed by atoms with Crippen molar-refractivity contribution in [1.29, 1.82) is 0 Å². The fourth-order valence-corrected chi connectivity index (χ4v) is 3.04. The highest BCUT2D eigenvalue weighted by Crippen LogP contribution is 2.17. The van der Waals surface area contributed by atoms with Gasteiger partial charge in [-0.25, -0.2) is 8.78 Å². The number of hydrogen-bond acceptors (Lipinski definition) is 8. The van der Waals surface area contributed by atoms with Crippen LogP contribution in [0.4, 0.5) is 8.78 Å². The maximum absolute atomic E-state index is 13.8. The summed E-state index contributed by atoms with van der Waals surface area (Å²) in [6, 6.07) is 0. The summed E-state index contributed by atoms with van der Waals surface area (Å²) in [6.07, 6.45) is -3.24. The van der Waals surface area contributed by atoms with E-state index in [4.69, 9.17) is 5.73 Å². The van der Waals surface area contributed by atoms with E-state index in [2.05, 4.69) is 27.4 Å². The smallest absolute Gasteiger partial charge is 0.309 e. The van der Waals surface area contributed by atoms with Crippen molar-refractivity contribution >= 4 is 36.3 Å². The van der Waals surface area contributed by atoms with Crippen molar-refractivity contribution < 1.29 is 27.8 Å². The average molecular weight is 374 g/mol. The van der Waals surface area contributed by atoms with Gasteiger partial charge in [0.15, 0.2) is 6.30 Å². The average Bonchev–Trinajstić information content (AvgIpc) is 2.53. The largest absolute Gasteiger partial charge is 0.469 e. The molecule has 6 nitrogen and oxygen atoms in total. The highest BCUT2D eigenvalue weighted by Gasteiger charge is 2.24. The Kier molecular flexibility index (Phi) is 12.5. The first-order chi connectivity index (χ1) is 10.8. The normalized spacial score (nSPS) is 16.3. The zero-order valence-corrected chi connectivity index (χ0v) is 14.9. The molecule has 0 heterocycles. The van der Waals surface area contributed by atoms with E-state index in [1.165, 1.54) is 26.0 Å². The maximum Gasteiger partial charge on any atom is 0.309 e. The molecule has 4 unspecified atom stereocenters. The summed E-state index contributed by atoms with van der Waals surface area (Å²) in [4.78, 5) is 22.8. The fourth-order valence-electron chi connectivity index (χ4n) is 1.77. The van der Waals surface area contributed by atoms with Crippen molar-refractivity contribution in [3.8, 4) is 0 Å². The lowest BCUT2D eigenvalue weighted by molar-refractivity contribution is -0.146. The predicted octanol–water partition coefficient (Wildman–Crippen LogP) is 1.10. The lowest BCUT2D eigenvalue weighted by Gasteiger charge is -2.17. The molecule has 0 radical (unpaired) electrons. The van der Waals surface area contributed by atoms with E-state index < -0.39 is 36.4 Å². The van der Waals surface area contributed by atoms with Gasteiger partial charge in [0.25, 0.3) is 0 Å². The van der Waals surface area contributed by atoms with Gasteiger partial charge in [0.1, 0.15) is 6.30 Å². The number of rotatable bonds is 12. The third-order valence-corrected chi connectivity index (χ3v) is 4.47. The quantitative estimate of drug-likeness (QED) is 0.155. The minimum atomic E-state index is -1.61. The van der Waals surface area contributed by atoms with Gasteiger partial charge in [-0.1, -0.05) is 0 Å². The third-order valence-electron chi connectivity index (χ3n) is 3.02. The first-order valence-corrected chi connectivity index (χ1v) is 8.75. The molecule has 10 heteroatoms. The topological polar surface area (TPSA) is 90.6 Å². The van der Waals surface area contributed by atoms with Gasteiger partial charge in [-0.05, 0) is 0 Å². The van der Waals surface area contributed by atoms with Crippen LogP contribution in [0, 0.1) is 11.8 Å². The third kappa shape index (κ3) is 10.0. The van der Waals surface area contributed by atoms with Gasteiger partial charge in [0.2, 0.25) is 0 Å². The molecule has 0 aromatic heterocycles. The number of ether oxygens (including phenoxy) is 2. The molecule has 136 valence electrons. The van der Waals surface area contributed by atoms with Crippen LogP contribution in [0.25, 0.3) is 0 Å². The van der Waals surface area contributed by atoms with E-state index >= 15 is 0 Å². The lowest BCUT2D eigenvalue weighted by atomic mass is 10.1. The Morgan fingerprint density at radius 3 is 2.22 bits per heavy atom. The molecule has 0 aliphatic heterocycles. The summed E-state index contributed by atoms with van der Waals surface area (Å²) in [6.45, 7) is 0. The number of halogens is 2. The van der Waals surface area contributed by atoms with Crippen molar-refractivity contribution in [3.05, 3.63) is 0 Å². The molecule has 0 amide bonds. The van der Waals surface area contributed by atoms with E-state index in [1.807, 2.05) is 0 Å². The van der Waals surface area contributed by atoms with Crippen molar-refractivity contribution in [2.24, 2.45) is 17.6 Å². The Hall–Kier alpha value is -0.580. The van der Waals surface area contributed by atoms with Crippen LogP contribution >= 0.6 is 24.4 Å². The van der Waals surface area contributed by atoms with Gasteiger partial charge in [-0.3, -0.25) is 14.9 Å². The Labute approximate surface area is 144 Å². The van der Waals surface area contributed by atoms with Crippen molar-refractivity contribution in [2.75, 3.05) is 31.6 Å². The number of thiol groups is 1. The standard InChI is InChI=1S/C13H24F2N2O4S2/c1-20-12(18)8(5-22)4-11(15)17-7-23-6-9(3-10(14)16)13(19)21-2/h8-11,17,22H,3-7,16H2,1-2H3. The van der Waals surface area contributed by atoms with Crippen LogP contribution in [0.1, 0.15) is 12.8 Å². The number of nitrogens with two attached hydrogens (primary N) is 1. The number of esters is 2. The monoisotopic (exact) mass is 374 g/mol. The molecule has 23 heavy (non-hydrogen) atoms. The van der Waals surface area contributed by atoms with Gasteiger partial charge in [-0.15, -0.1) is 11.8 Å². The van der Waals surface area contributed by atoms with E-state index in [9.17, 15) is 18.4 Å². The van der Waals surface area contributed by atoms with Crippen molar-refractivity contribution in [1.82, 2.24) is 5.32 Å². The van der Waals surface area contributed by atoms with E-state index in [1.54, 1.807) is 0 Å². The van der Waals surface area contributed by atoms with Crippen LogP contribution in [0.2, 0.25) is 0 Å². The second-order valence-electron chi connectivity index (χ2n) is 4.80. The molecule has 0 fully saturated rings. The zero-order valence-electron chi connectivity index (χ0n) is 13.2. The fraction of sp³-hybridized carbons (Fsp3) is 0.846. The van der Waals surface area contributed by atoms with Crippen LogP contribution < -0.4 is 11.1 Å². The minimum absolute atomic E-state index is 0.0630. The van der Waals surface area contributed by atoms with Gasteiger partial charge < -0.3 is 15.2 Å². The summed E-state index contributed by atoms with van der Waals surface area (Å²) >= 11 is 5.20. The highest BCUT2D eigenvalue weighted by molar-refractivity contribution is 7.99. The second kappa shape index (κ2) is 12.8. The zero-order chi connectivity index (χ0) is 17.8. The molecule has 0 saturated carbocycles. The number of hydrogen-bond donors (Lipinski definition) is 3. The Morgan fingerprint density at radius 1 is 1.17 bits per heavy atom. The Bertz CT molecular complexity index is 365. The molecule has 0 aliphatic carbocycles. The molecule has 0 aromatic carbocycles. The molecular weight excluding hydrogens is 350 g/mol. The Balaban J connectivity index is 4.12. The number of alkyl halides is 2. The molecule has 0 saturated heterocycles. The molecule has 0 aliphatic rings. The number of thioether (sulfide) groups is 1. The van der Waals surface area contributed by atoms with E-state index in [0.717, 1.165) is 0 Å². The molecule has 0 spiro atoms. The van der Waals surface area contributed by atoms with Gasteiger partial charge in [-0.2, -0.15) is 12.6 Å². The predicted molar refractivity (Wildman–Crippen MR) is 88.5 cm³/mol. The summed E-state index contributed by atoms with van der Waals surface area (Å²) in [7, 11) is 2.45. The lowest BCUT2D eigenvalue weighted by Crippen LogP contribution is -2.31. The molecule has 0 bridgehead atoms. The summed E-state index contributed by atoms with van der Waals surface area (Å²) in [5, 5.41) is 2.57. The first kappa shape index (κ1) is 22.4. The molecule has 4 atom stereocenters. The van der Waals surface area contributed by atoms with E-state index in [-0.39, 0.29) is 30.2 Å². The number of carbonyl (C=O) groups is 2. The molecular formula is C13H24F2N2O4S2.